The molecule has 22 nitrogen and oxygen atoms in total. The van der Waals surface area contributed by atoms with Crippen molar-refractivity contribution in [1.82, 2.24) is 0 Å². The number of nitrogen functional groups attached to an aromatic ring is 6. The molecule has 100 heavy (non-hydrogen) atoms. The Kier molecular flexibility index (Phi) is 22.1. The van der Waals surface area contributed by atoms with E-state index < -0.39 is 0 Å². The summed E-state index contributed by atoms with van der Waals surface area (Å²) in [5.74, 6) is 8.07. The molecule has 0 radical (unpaired) electrons. The van der Waals surface area contributed by atoms with E-state index in [0.717, 1.165) is 207 Å². The fourth-order valence-corrected chi connectivity index (χ4v) is 17.2. The summed E-state index contributed by atoms with van der Waals surface area (Å²) in [7, 11) is 0. The van der Waals surface area contributed by atoms with Crippen LogP contribution in [0.5, 0.6) is 34.5 Å². The number of fused-ring (bicyclic) bond motifs is 18. The maximum absolute atomic E-state index is 9.50. The van der Waals surface area contributed by atoms with Crippen molar-refractivity contribution in [2.45, 2.75) is 140 Å². The average Bonchev–Trinajstić information content (AvgIpc) is 0.819. The Balaban J connectivity index is 0.000000108. The molecule has 6 saturated heterocycles. The van der Waals surface area contributed by atoms with Crippen molar-refractivity contribution in [2.24, 2.45) is 29.6 Å². The first-order chi connectivity index (χ1) is 48.6. The molecule has 12 aliphatic heterocycles. The molecule has 6 aromatic rings. The van der Waals surface area contributed by atoms with Crippen LogP contribution in [0.15, 0.2) is 109 Å². The Labute approximate surface area is 589 Å². The second kappa shape index (κ2) is 31.6. The van der Waals surface area contributed by atoms with Crippen LogP contribution in [0.2, 0.25) is 0 Å². The molecule has 12 aliphatic rings. The number of hydrogen-bond acceptors (Lipinski definition) is 22. The first-order valence-corrected chi connectivity index (χ1v) is 36.8. The topological polar surface area (TPSA) is 312 Å². The minimum Gasteiger partial charge on any atom is -0.489 e. The average molecular weight is 1370 g/mol. The van der Waals surface area contributed by atoms with Crippen LogP contribution in [-0.2, 0) is 0 Å². The van der Waals surface area contributed by atoms with Gasteiger partial charge in [0.2, 0.25) is 0 Å². The third-order valence-corrected chi connectivity index (χ3v) is 22.7. The van der Waals surface area contributed by atoms with Crippen LogP contribution in [0.25, 0.3) is 0 Å². The van der Waals surface area contributed by atoms with Gasteiger partial charge in [-0.2, -0.15) is 0 Å². The predicted molar refractivity (Wildman–Crippen MR) is 401 cm³/mol. The van der Waals surface area contributed by atoms with Crippen LogP contribution in [0.4, 0.5) is 68.2 Å². The zero-order valence-electron chi connectivity index (χ0n) is 58.5. The highest BCUT2D eigenvalue weighted by Crippen LogP contribution is 2.46. The van der Waals surface area contributed by atoms with E-state index in [0.29, 0.717) is 80.4 Å². The molecule has 540 valence electrons. The van der Waals surface area contributed by atoms with Crippen LogP contribution in [0.3, 0.4) is 0 Å². The lowest BCUT2D eigenvalue weighted by Gasteiger charge is -2.46. The predicted octanol–water partition coefficient (Wildman–Crippen LogP) is 9.63. The SMILES string of the molecule is CC1CCCN2c3ccc(N)cc3OCC12.CC1CCN2c3ccc(N)cc3OCC2C1.Nc1ccc2c(c1)OCC1C(CO)CCCN21.Nc1ccc2c(c1)OCC1CC(CO)CCN21.Nc1ccc2c(c1)OCC1CCC(CO)CN21.Nc1ccc2c(c1)OCC1CCCC(CO)N21. The first kappa shape index (κ1) is 70.0. The smallest absolute Gasteiger partial charge is 0.144 e. The lowest BCUT2D eigenvalue weighted by molar-refractivity contribution is 0.132. The monoisotopic (exact) mass is 1370 g/mol. The molecule has 18 rings (SSSR count). The van der Waals surface area contributed by atoms with Gasteiger partial charge >= 0.3 is 0 Å². The molecule has 22 heteroatoms. The van der Waals surface area contributed by atoms with Crippen molar-refractivity contribution in [2.75, 3.05) is 163 Å². The molecule has 0 aromatic heterocycles. The van der Waals surface area contributed by atoms with E-state index in [1.807, 2.05) is 97.1 Å². The Hall–Kier alpha value is -8.44. The summed E-state index contributed by atoms with van der Waals surface area (Å²) in [6.07, 6.45) is 14.9. The molecular formula is C78H108N12O10. The minimum absolute atomic E-state index is 0.209. The van der Waals surface area contributed by atoms with E-state index >= 15 is 0 Å². The number of hydrogen-bond donors (Lipinski definition) is 10. The summed E-state index contributed by atoms with van der Waals surface area (Å²) in [6.45, 7) is 15.3. The van der Waals surface area contributed by atoms with Crippen LogP contribution in [-0.4, -0.2) is 162 Å². The summed E-state index contributed by atoms with van der Waals surface area (Å²) in [4.78, 5) is 14.4. The number of anilines is 12. The fraction of sp³-hybridized carbons (Fsp3) is 0.538. The Morgan fingerprint density at radius 2 is 0.780 bits per heavy atom. The highest BCUT2D eigenvalue weighted by molar-refractivity contribution is 5.71. The molecule has 12 atom stereocenters. The maximum Gasteiger partial charge on any atom is 0.144 e. The summed E-state index contributed by atoms with van der Waals surface area (Å²) < 4.78 is 34.7. The Morgan fingerprint density at radius 3 is 1.30 bits per heavy atom. The van der Waals surface area contributed by atoms with Crippen molar-refractivity contribution in [3.63, 3.8) is 0 Å². The van der Waals surface area contributed by atoms with Gasteiger partial charge in [0.15, 0.2) is 0 Å². The molecular weight excluding hydrogens is 1260 g/mol. The number of ether oxygens (including phenoxy) is 6. The summed E-state index contributed by atoms with van der Waals surface area (Å²) >= 11 is 0. The molecule has 6 fully saturated rings. The van der Waals surface area contributed by atoms with Gasteiger partial charge in [-0.05, 0) is 180 Å². The number of aliphatic hydroxyl groups is 4. The number of nitrogens with two attached hydrogens (primary N) is 6. The van der Waals surface area contributed by atoms with Crippen molar-refractivity contribution < 1.29 is 48.8 Å². The van der Waals surface area contributed by atoms with Crippen molar-refractivity contribution in [3.05, 3.63) is 109 Å². The number of benzene rings is 6. The number of piperidine rings is 6. The molecule has 0 saturated carbocycles. The molecule has 0 bridgehead atoms. The normalized spacial score (nSPS) is 27.3. The van der Waals surface area contributed by atoms with E-state index in [1.54, 1.807) is 0 Å². The molecule has 6 aromatic carbocycles. The van der Waals surface area contributed by atoms with Crippen LogP contribution >= 0.6 is 0 Å². The second-order valence-corrected chi connectivity index (χ2v) is 29.6. The van der Waals surface area contributed by atoms with E-state index in [1.165, 1.54) is 43.5 Å². The molecule has 0 amide bonds. The van der Waals surface area contributed by atoms with Crippen molar-refractivity contribution >= 4 is 68.2 Å². The van der Waals surface area contributed by atoms with Crippen molar-refractivity contribution in [1.29, 1.82) is 0 Å². The third-order valence-electron chi connectivity index (χ3n) is 22.7. The fourth-order valence-electron chi connectivity index (χ4n) is 17.2. The lowest BCUT2D eigenvalue weighted by Crippen LogP contribution is -2.53. The zero-order valence-corrected chi connectivity index (χ0v) is 58.5. The van der Waals surface area contributed by atoms with E-state index in [4.69, 9.17) is 62.8 Å². The summed E-state index contributed by atoms with van der Waals surface area (Å²) in [5.41, 5.74) is 46.0. The minimum atomic E-state index is 0.209. The molecule has 0 aliphatic carbocycles. The van der Waals surface area contributed by atoms with Gasteiger partial charge in [-0.3, -0.25) is 0 Å². The number of nitrogens with zero attached hydrogens (tertiary/aromatic N) is 6. The largest absolute Gasteiger partial charge is 0.489 e. The zero-order chi connectivity index (χ0) is 69.6. The van der Waals surface area contributed by atoms with Gasteiger partial charge in [0.1, 0.15) is 74.1 Å². The standard InChI is InChI=1S/4C13H18N2O2.2C13H18N2O/c14-10-2-4-12-13(5-10)17-8-11-3-1-9(7-16)6-15(11)12;14-10-1-2-12-13(6-10)17-8-11-5-9(7-16)3-4-15(11)12;14-10-3-4-11-13(6-10)17-8-12-9(7-16)2-1-5-15(11)12;14-9-4-5-12-13(6-9)17-8-11-3-1-2-10(7-16)15(11)12;1-9-4-5-15-11(6-9)8-16-13-7-10(14)2-3-12(13)15;1-9-3-2-6-15-11-5-4-10(14)7-13(11)16-8-12(9)15/h2,4-5,9,11,16H,1,3,6-8,14H2;1-2,6,9,11,16H,3-5,7-8,14H2;3-4,6,9,12,16H,1-2,5,7-8,14H2;4-6,10-11,16H,1-3,7-8,14H2;2-3,7,9,11H,4-6,8,14H2,1H3;4-5,7,9,12H,2-3,6,8,14H2,1H3. The van der Waals surface area contributed by atoms with Gasteiger partial charge in [-0.1, -0.05) is 13.8 Å². The third kappa shape index (κ3) is 15.5. The Bertz CT molecular complexity index is 3680. The molecule has 12 heterocycles. The van der Waals surface area contributed by atoms with E-state index in [2.05, 4.69) is 55.4 Å². The highest BCUT2D eigenvalue weighted by atomic mass is 16.5. The second-order valence-electron chi connectivity index (χ2n) is 29.6. The van der Waals surface area contributed by atoms with Gasteiger partial charge in [-0.25, -0.2) is 0 Å². The molecule has 0 spiro atoms. The quantitative estimate of drug-likeness (QED) is 0.0734. The summed E-state index contributed by atoms with van der Waals surface area (Å²) in [6, 6.07) is 38.1. The van der Waals surface area contributed by atoms with Crippen LogP contribution in [0, 0.1) is 29.6 Å². The van der Waals surface area contributed by atoms with Crippen LogP contribution in [0.1, 0.15) is 97.3 Å². The lowest BCUT2D eigenvalue weighted by atomic mass is 9.89. The maximum atomic E-state index is 9.50. The Morgan fingerprint density at radius 1 is 0.350 bits per heavy atom. The van der Waals surface area contributed by atoms with Crippen LogP contribution < -0.4 is 92.2 Å². The van der Waals surface area contributed by atoms with Crippen molar-refractivity contribution in [3.8, 4) is 34.5 Å². The van der Waals surface area contributed by atoms with Gasteiger partial charge in [0, 0.05) is 129 Å². The number of aliphatic hydroxyl groups excluding tert-OH is 4. The van der Waals surface area contributed by atoms with Gasteiger partial charge in [0.25, 0.3) is 0 Å². The van der Waals surface area contributed by atoms with Gasteiger partial charge < -0.3 is 113 Å². The van der Waals surface area contributed by atoms with Gasteiger partial charge in [-0.15, -0.1) is 0 Å². The first-order valence-electron chi connectivity index (χ1n) is 36.8. The molecule has 16 N–H and O–H groups in total. The van der Waals surface area contributed by atoms with E-state index in [-0.39, 0.29) is 25.9 Å². The van der Waals surface area contributed by atoms with Gasteiger partial charge in [0.05, 0.1) is 83.0 Å². The molecule has 12 unspecified atom stereocenters. The summed E-state index contributed by atoms with van der Waals surface area (Å²) in [5, 5.41) is 37.5. The highest BCUT2D eigenvalue weighted by Gasteiger charge is 2.40. The number of rotatable bonds is 4. The van der Waals surface area contributed by atoms with E-state index in [9.17, 15) is 20.4 Å².